The molecule has 3 rings (SSSR count). The van der Waals surface area contributed by atoms with Crippen LogP contribution in [0.25, 0.3) is 10.8 Å². The molecule has 2 aromatic carbocycles. The molecule has 2 aromatic rings. The first-order valence-corrected chi connectivity index (χ1v) is 9.11. The fourth-order valence-corrected chi connectivity index (χ4v) is 3.85. The van der Waals surface area contributed by atoms with Gasteiger partial charge in [-0.1, -0.05) is 18.2 Å². The van der Waals surface area contributed by atoms with E-state index in [1.807, 2.05) is 18.2 Å². The maximum Gasteiger partial charge on any atom is 0.308 e. The van der Waals surface area contributed by atoms with E-state index in [1.165, 1.54) is 7.11 Å². The number of hydrogen-bond acceptors (Lipinski definition) is 4. The Kier molecular flexibility index (Phi) is 6.09. The largest absolute Gasteiger partial charge is 0.497 e. The summed E-state index contributed by atoms with van der Waals surface area (Å²) in [7, 11) is 3.09. The molecule has 1 fully saturated rings. The van der Waals surface area contributed by atoms with Crippen LogP contribution in [0.5, 0.6) is 5.75 Å². The Hall–Kier alpha value is -2.14. The molecule has 140 valence electrons. The van der Waals surface area contributed by atoms with E-state index in [1.54, 1.807) is 7.11 Å². The van der Waals surface area contributed by atoms with Gasteiger partial charge in [-0.2, -0.15) is 0 Å². The van der Waals surface area contributed by atoms with Gasteiger partial charge in [0.2, 0.25) is 0 Å². The zero-order valence-corrected chi connectivity index (χ0v) is 15.4. The minimum Gasteiger partial charge on any atom is -0.497 e. The number of carbonyl (C=O) groups is 1. The van der Waals surface area contributed by atoms with E-state index in [0.717, 1.165) is 48.0 Å². The smallest absolute Gasteiger partial charge is 0.308 e. The summed E-state index contributed by atoms with van der Waals surface area (Å²) < 4.78 is 23.4. The second-order valence-electron chi connectivity index (χ2n) is 6.80. The topological polar surface area (TPSA) is 38.8 Å². The Morgan fingerprint density at radius 2 is 1.85 bits per heavy atom. The number of nitrogens with zero attached hydrogens (tertiary/aromatic N) is 1. The van der Waals surface area contributed by atoms with Gasteiger partial charge < -0.3 is 9.47 Å². The van der Waals surface area contributed by atoms with Crippen LogP contribution in [0, 0.1) is 5.92 Å². The highest BCUT2D eigenvalue weighted by atomic mass is 19.1. The average molecular weight is 359 g/mol. The highest BCUT2D eigenvalue weighted by Crippen LogP contribution is 2.32. The number of esters is 1. The number of hydrogen-bond donors (Lipinski definition) is 0. The summed E-state index contributed by atoms with van der Waals surface area (Å²) in [6.07, 6.45) is 1.99. The van der Waals surface area contributed by atoms with E-state index in [2.05, 4.69) is 23.1 Å². The van der Waals surface area contributed by atoms with Gasteiger partial charge in [0, 0.05) is 6.04 Å². The maximum absolute atomic E-state index is 13.2. The molecule has 0 aliphatic carbocycles. The molecule has 0 aromatic heterocycles. The fraction of sp³-hybridized carbons (Fsp3) is 0.476. The van der Waals surface area contributed by atoms with Crippen molar-refractivity contribution in [2.75, 3.05) is 34.0 Å². The molecule has 0 radical (unpaired) electrons. The summed E-state index contributed by atoms with van der Waals surface area (Å²) in [5.74, 6) is 0.660. The summed E-state index contributed by atoms with van der Waals surface area (Å²) in [6.45, 7) is 1.21. The maximum atomic E-state index is 13.2. The van der Waals surface area contributed by atoms with Gasteiger partial charge in [-0.05, 0) is 66.9 Å². The van der Waals surface area contributed by atoms with E-state index in [9.17, 15) is 9.18 Å². The second-order valence-corrected chi connectivity index (χ2v) is 6.80. The van der Waals surface area contributed by atoms with Crippen molar-refractivity contribution in [1.29, 1.82) is 0 Å². The monoisotopic (exact) mass is 359 g/mol. The third-order valence-electron chi connectivity index (χ3n) is 5.34. The lowest BCUT2D eigenvalue weighted by Crippen LogP contribution is -2.39. The number of likely N-dealkylation sites (tertiary alicyclic amines) is 1. The SMILES string of the molecule is COC(=O)C1CCN(C(CCF)c2ccc3cc(OC)ccc3c2)CC1. The third-order valence-corrected chi connectivity index (χ3v) is 5.34. The van der Waals surface area contributed by atoms with Gasteiger partial charge in [0.05, 0.1) is 26.8 Å². The number of fused-ring (bicyclic) bond motifs is 1. The Morgan fingerprint density at radius 1 is 1.15 bits per heavy atom. The molecule has 1 aliphatic rings. The lowest BCUT2D eigenvalue weighted by atomic mass is 9.92. The van der Waals surface area contributed by atoms with Gasteiger partial charge >= 0.3 is 5.97 Å². The number of rotatable bonds is 6. The molecular weight excluding hydrogens is 333 g/mol. The first-order valence-electron chi connectivity index (χ1n) is 9.11. The number of halogens is 1. The van der Waals surface area contributed by atoms with Crippen LogP contribution in [-0.4, -0.2) is 44.9 Å². The highest BCUT2D eigenvalue weighted by molar-refractivity contribution is 5.84. The summed E-state index contributed by atoms with van der Waals surface area (Å²) in [5, 5.41) is 2.23. The van der Waals surface area contributed by atoms with Crippen molar-refractivity contribution in [1.82, 2.24) is 4.90 Å². The first-order chi connectivity index (χ1) is 12.7. The van der Waals surface area contributed by atoms with Crippen molar-refractivity contribution < 1.29 is 18.7 Å². The van der Waals surface area contributed by atoms with E-state index in [-0.39, 0.29) is 24.6 Å². The quantitative estimate of drug-likeness (QED) is 0.727. The minimum atomic E-state index is -0.359. The average Bonchev–Trinajstić information content (AvgIpc) is 2.70. The Bertz CT molecular complexity index is 756. The van der Waals surface area contributed by atoms with E-state index in [4.69, 9.17) is 9.47 Å². The lowest BCUT2D eigenvalue weighted by Gasteiger charge is -2.37. The van der Waals surface area contributed by atoms with E-state index >= 15 is 0 Å². The summed E-state index contributed by atoms with van der Waals surface area (Å²) in [6, 6.07) is 12.3. The molecule has 4 nitrogen and oxygen atoms in total. The van der Waals surface area contributed by atoms with Gasteiger partial charge in [0.15, 0.2) is 0 Å². The van der Waals surface area contributed by atoms with Crippen LogP contribution in [-0.2, 0) is 9.53 Å². The van der Waals surface area contributed by atoms with Gasteiger partial charge in [-0.15, -0.1) is 0 Å². The number of benzene rings is 2. The molecule has 1 unspecified atom stereocenters. The molecule has 0 amide bonds. The molecule has 1 saturated heterocycles. The zero-order chi connectivity index (χ0) is 18.5. The van der Waals surface area contributed by atoms with Gasteiger partial charge in [0.1, 0.15) is 5.75 Å². The lowest BCUT2D eigenvalue weighted by molar-refractivity contribution is -0.147. The molecule has 0 bridgehead atoms. The van der Waals surface area contributed by atoms with Crippen molar-refractivity contribution in [2.24, 2.45) is 5.92 Å². The van der Waals surface area contributed by atoms with Gasteiger partial charge in [-0.3, -0.25) is 14.1 Å². The molecule has 1 heterocycles. The van der Waals surface area contributed by atoms with Crippen molar-refractivity contribution in [3.8, 4) is 5.75 Å². The second kappa shape index (κ2) is 8.49. The van der Waals surface area contributed by atoms with Gasteiger partial charge in [0.25, 0.3) is 0 Å². The van der Waals surface area contributed by atoms with Crippen molar-refractivity contribution in [3.05, 3.63) is 42.0 Å². The van der Waals surface area contributed by atoms with Crippen LogP contribution in [0.3, 0.4) is 0 Å². The van der Waals surface area contributed by atoms with Crippen LogP contribution in [0.4, 0.5) is 4.39 Å². The predicted octanol–water partition coefficient (Wildman–Crippen LogP) is 4.13. The van der Waals surface area contributed by atoms with Crippen LogP contribution in [0.15, 0.2) is 36.4 Å². The van der Waals surface area contributed by atoms with Crippen LogP contribution in [0.2, 0.25) is 0 Å². The third kappa shape index (κ3) is 3.98. The minimum absolute atomic E-state index is 0.0325. The zero-order valence-electron chi connectivity index (χ0n) is 15.4. The molecule has 0 spiro atoms. The molecular formula is C21H26FNO3. The van der Waals surface area contributed by atoms with Crippen LogP contribution < -0.4 is 4.74 Å². The standard InChI is InChI=1S/C21H26FNO3/c1-25-19-6-5-16-13-18(4-3-17(16)14-19)20(7-10-22)23-11-8-15(9-12-23)21(24)26-2/h3-6,13-15,20H,7-12H2,1-2H3. The number of carbonyl (C=O) groups excluding carboxylic acids is 1. The van der Waals surface area contributed by atoms with Gasteiger partial charge in [-0.25, -0.2) is 0 Å². The number of alkyl halides is 1. The summed E-state index contributed by atoms with van der Waals surface area (Å²) >= 11 is 0. The van der Waals surface area contributed by atoms with Crippen molar-refractivity contribution in [2.45, 2.75) is 25.3 Å². The van der Waals surface area contributed by atoms with E-state index in [0.29, 0.717) is 6.42 Å². The van der Waals surface area contributed by atoms with Crippen LogP contribution in [0.1, 0.15) is 30.9 Å². The molecule has 1 aliphatic heterocycles. The number of piperidine rings is 1. The summed E-state index contributed by atoms with van der Waals surface area (Å²) in [5.41, 5.74) is 1.12. The molecule has 1 atom stereocenters. The molecule has 0 saturated carbocycles. The Labute approximate surface area is 153 Å². The molecule has 0 N–H and O–H groups in total. The molecule has 5 heteroatoms. The molecule has 26 heavy (non-hydrogen) atoms. The van der Waals surface area contributed by atoms with Crippen molar-refractivity contribution >= 4 is 16.7 Å². The first kappa shape index (κ1) is 18.6. The van der Waals surface area contributed by atoms with Crippen LogP contribution >= 0.6 is 0 Å². The Morgan fingerprint density at radius 3 is 2.50 bits per heavy atom. The normalized spacial score (nSPS) is 17.2. The fourth-order valence-electron chi connectivity index (χ4n) is 3.85. The Balaban J connectivity index is 1.79. The van der Waals surface area contributed by atoms with E-state index < -0.39 is 0 Å². The van der Waals surface area contributed by atoms with Crippen molar-refractivity contribution in [3.63, 3.8) is 0 Å². The predicted molar refractivity (Wildman–Crippen MR) is 100 cm³/mol. The summed E-state index contributed by atoms with van der Waals surface area (Å²) in [4.78, 5) is 14.0. The highest BCUT2D eigenvalue weighted by Gasteiger charge is 2.29. The number of ether oxygens (including phenoxy) is 2. The number of methoxy groups -OCH3 is 2.